The van der Waals surface area contributed by atoms with Crippen LogP contribution in [0.5, 0.6) is 0 Å². The summed E-state index contributed by atoms with van der Waals surface area (Å²) < 4.78 is 1.09. The number of aliphatic imine (C=N–C) groups is 1. The number of amides is 1. The number of halogens is 2. The third-order valence-corrected chi connectivity index (χ3v) is 5.13. The van der Waals surface area contributed by atoms with Gasteiger partial charge in [-0.25, -0.2) is 4.99 Å². The minimum atomic E-state index is -0.143. The highest BCUT2D eigenvalue weighted by molar-refractivity contribution is 14.1. The molecule has 22 heavy (non-hydrogen) atoms. The van der Waals surface area contributed by atoms with Crippen molar-refractivity contribution >= 4 is 68.8 Å². The fraction of sp³-hybridized carbons (Fsp3) is 0. The number of amidine groups is 1. The van der Waals surface area contributed by atoms with Crippen molar-refractivity contribution in [2.24, 2.45) is 4.99 Å². The third kappa shape index (κ3) is 3.53. The second kappa shape index (κ2) is 6.85. The van der Waals surface area contributed by atoms with Crippen LogP contribution in [0.4, 0.5) is 5.69 Å². The molecule has 0 aromatic heterocycles. The summed E-state index contributed by atoms with van der Waals surface area (Å²) in [7, 11) is 0. The number of carbonyl (C=O) groups is 1. The Hall–Kier alpha value is -1.31. The minimum absolute atomic E-state index is 0.143. The van der Waals surface area contributed by atoms with Crippen LogP contribution in [0, 0.1) is 3.57 Å². The van der Waals surface area contributed by atoms with Gasteiger partial charge in [0.25, 0.3) is 5.91 Å². The summed E-state index contributed by atoms with van der Waals surface area (Å²) in [5.41, 5.74) is 1.65. The van der Waals surface area contributed by atoms with E-state index in [4.69, 9.17) is 11.6 Å². The summed E-state index contributed by atoms with van der Waals surface area (Å²) in [5.74, 6) is -0.143. The standard InChI is InChI=1S/C16H10ClIN2OS/c17-11-6-2-4-8-13(11)19-16-20-15(21)14(22-16)9-10-5-1-3-7-12(10)18/h1-9H,(H,19,20,21)/b14-9+. The lowest BCUT2D eigenvalue weighted by Gasteiger charge is -1.98. The predicted octanol–water partition coefficient (Wildman–Crippen LogP) is 4.84. The van der Waals surface area contributed by atoms with Gasteiger partial charge in [0.1, 0.15) is 0 Å². The van der Waals surface area contributed by atoms with Crippen LogP contribution in [-0.2, 0) is 4.79 Å². The smallest absolute Gasteiger partial charge is 0.264 e. The molecule has 0 aliphatic carbocycles. The van der Waals surface area contributed by atoms with Crippen molar-refractivity contribution in [2.75, 3.05) is 0 Å². The van der Waals surface area contributed by atoms with Crippen LogP contribution in [-0.4, -0.2) is 11.1 Å². The predicted molar refractivity (Wildman–Crippen MR) is 101 cm³/mol. The van der Waals surface area contributed by atoms with E-state index in [1.54, 1.807) is 6.07 Å². The lowest BCUT2D eigenvalue weighted by Crippen LogP contribution is -2.19. The zero-order chi connectivity index (χ0) is 15.5. The highest BCUT2D eigenvalue weighted by Gasteiger charge is 2.24. The van der Waals surface area contributed by atoms with E-state index in [1.165, 1.54) is 11.8 Å². The molecule has 0 atom stereocenters. The van der Waals surface area contributed by atoms with Gasteiger partial charge in [0.15, 0.2) is 5.17 Å². The maximum absolute atomic E-state index is 12.1. The average molecular weight is 441 g/mol. The number of thioether (sulfide) groups is 1. The lowest BCUT2D eigenvalue weighted by atomic mass is 10.2. The van der Waals surface area contributed by atoms with Crippen molar-refractivity contribution in [3.63, 3.8) is 0 Å². The molecule has 110 valence electrons. The van der Waals surface area contributed by atoms with Gasteiger partial charge in [-0.2, -0.15) is 0 Å². The number of rotatable bonds is 2. The van der Waals surface area contributed by atoms with E-state index >= 15 is 0 Å². The fourth-order valence-electron chi connectivity index (χ4n) is 1.87. The topological polar surface area (TPSA) is 41.5 Å². The Morgan fingerprint density at radius 3 is 2.64 bits per heavy atom. The maximum Gasteiger partial charge on any atom is 0.264 e. The first-order valence-corrected chi connectivity index (χ1v) is 8.69. The second-order valence-corrected chi connectivity index (χ2v) is 7.05. The van der Waals surface area contributed by atoms with E-state index in [9.17, 15) is 4.79 Å². The maximum atomic E-state index is 12.1. The summed E-state index contributed by atoms with van der Waals surface area (Å²) in [4.78, 5) is 17.1. The van der Waals surface area contributed by atoms with Crippen LogP contribution < -0.4 is 5.32 Å². The molecular formula is C16H10ClIN2OS. The van der Waals surface area contributed by atoms with E-state index in [2.05, 4.69) is 32.9 Å². The number of carbonyl (C=O) groups excluding carboxylic acids is 1. The van der Waals surface area contributed by atoms with Crippen LogP contribution in [0.3, 0.4) is 0 Å². The van der Waals surface area contributed by atoms with Gasteiger partial charge in [-0.05, 0) is 64.2 Å². The molecule has 1 fully saturated rings. The highest BCUT2D eigenvalue weighted by atomic mass is 127. The van der Waals surface area contributed by atoms with Gasteiger partial charge in [-0.15, -0.1) is 0 Å². The van der Waals surface area contributed by atoms with Crippen molar-refractivity contribution in [3.05, 3.63) is 67.6 Å². The van der Waals surface area contributed by atoms with Crippen LogP contribution in [0.2, 0.25) is 5.02 Å². The monoisotopic (exact) mass is 440 g/mol. The van der Waals surface area contributed by atoms with Gasteiger partial charge in [0, 0.05) is 3.57 Å². The Morgan fingerprint density at radius 1 is 1.14 bits per heavy atom. The number of hydrogen-bond donors (Lipinski definition) is 1. The molecule has 2 aromatic carbocycles. The number of para-hydroxylation sites is 1. The molecule has 1 aliphatic heterocycles. The van der Waals surface area contributed by atoms with Gasteiger partial charge in [0.2, 0.25) is 0 Å². The zero-order valence-corrected chi connectivity index (χ0v) is 14.9. The van der Waals surface area contributed by atoms with Gasteiger partial charge in [0.05, 0.1) is 15.6 Å². The molecule has 1 N–H and O–H groups in total. The van der Waals surface area contributed by atoms with Gasteiger partial charge < -0.3 is 5.32 Å². The van der Waals surface area contributed by atoms with E-state index in [1.807, 2.05) is 48.5 Å². The van der Waals surface area contributed by atoms with Crippen LogP contribution >= 0.6 is 46.0 Å². The highest BCUT2D eigenvalue weighted by Crippen LogP contribution is 2.31. The summed E-state index contributed by atoms with van der Waals surface area (Å²) in [6.45, 7) is 0. The molecule has 1 amide bonds. The van der Waals surface area contributed by atoms with Crippen molar-refractivity contribution in [2.45, 2.75) is 0 Å². The molecule has 1 heterocycles. The van der Waals surface area contributed by atoms with E-state index in [0.29, 0.717) is 20.8 Å². The first kappa shape index (κ1) is 15.6. The SMILES string of the molecule is O=C1NC(=Nc2ccccc2Cl)S/C1=C/c1ccccc1I. The molecule has 0 radical (unpaired) electrons. The average Bonchev–Trinajstić information content (AvgIpc) is 2.84. The Balaban J connectivity index is 1.88. The van der Waals surface area contributed by atoms with Crippen molar-refractivity contribution in [1.29, 1.82) is 0 Å². The third-order valence-electron chi connectivity index (χ3n) is 2.92. The fourth-order valence-corrected chi connectivity index (χ4v) is 3.41. The number of nitrogens with one attached hydrogen (secondary N) is 1. The molecule has 1 saturated heterocycles. The normalized spacial score (nSPS) is 18.0. The molecule has 1 aliphatic rings. The molecule has 2 aromatic rings. The van der Waals surface area contributed by atoms with Gasteiger partial charge >= 0.3 is 0 Å². The Kier molecular flexibility index (Phi) is 4.85. The van der Waals surface area contributed by atoms with Gasteiger partial charge in [-0.1, -0.05) is 41.9 Å². The van der Waals surface area contributed by atoms with Crippen LogP contribution in [0.1, 0.15) is 5.56 Å². The Bertz CT molecular complexity index is 804. The molecule has 0 bridgehead atoms. The number of benzene rings is 2. The van der Waals surface area contributed by atoms with Crippen molar-refractivity contribution in [3.8, 4) is 0 Å². The molecule has 0 unspecified atom stereocenters. The first-order chi connectivity index (χ1) is 10.6. The van der Waals surface area contributed by atoms with E-state index in [-0.39, 0.29) is 5.91 Å². The van der Waals surface area contributed by atoms with Crippen LogP contribution in [0.25, 0.3) is 6.08 Å². The summed E-state index contributed by atoms with van der Waals surface area (Å²) in [5, 5.41) is 3.86. The van der Waals surface area contributed by atoms with Crippen LogP contribution in [0.15, 0.2) is 58.4 Å². The molecule has 3 rings (SSSR count). The summed E-state index contributed by atoms with van der Waals surface area (Å²) >= 11 is 9.64. The van der Waals surface area contributed by atoms with E-state index in [0.717, 1.165) is 9.13 Å². The minimum Gasteiger partial charge on any atom is -0.300 e. The number of hydrogen-bond acceptors (Lipinski definition) is 3. The summed E-state index contributed by atoms with van der Waals surface area (Å²) in [6.07, 6.45) is 1.87. The Labute approximate surface area is 151 Å². The number of nitrogens with zero attached hydrogens (tertiary/aromatic N) is 1. The quantitative estimate of drug-likeness (QED) is 0.536. The van der Waals surface area contributed by atoms with Crippen molar-refractivity contribution < 1.29 is 4.79 Å². The van der Waals surface area contributed by atoms with Crippen molar-refractivity contribution in [1.82, 2.24) is 5.32 Å². The van der Waals surface area contributed by atoms with E-state index < -0.39 is 0 Å². The first-order valence-electron chi connectivity index (χ1n) is 6.42. The largest absolute Gasteiger partial charge is 0.300 e. The summed E-state index contributed by atoms with van der Waals surface area (Å²) in [6, 6.07) is 15.2. The molecular weight excluding hydrogens is 431 g/mol. The molecule has 6 heteroatoms. The lowest BCUT2D eigenvalue weighted by molar-refractivity contribution is -0.115. The Morgan fingerprint density at radius 2 is 1.86 bits per heavy atom. The second-order valence-electron chi connectivity index (χ2n) is 4.45. The molecule has 0 spiro atoms. The molecule has 0 saturated carbocycles. The zero-order valence-electron chi connectivity index (χ0n) is 11.2. The van der Waals surface area contributed by atoms with Gasteiger partial charge in [-0.3, -0.25) is 4.79 Å². The molecule has 3 nitrogen and oxygen atoms in total.